The molecule has 0 radical (unpaired) electrons. The van der Waals surface area contributed by atoms with Gasteiger partial charge in [-0.15, -0.1) is 45.3 Å². The largest absolute Gasteiger partial charge is 0.192 e. The highest BCUT2D eigenvalue weighted by molar-refractivity contribution is 7.27. The summed E-state index contributed by atoms with van der Waals surface area (Å²) < 4.78 is 19.9. The number of aromatic nitrogens is 4. The molecule has 2 aliphatic rings. The fraction of sp³-hybridized carbons (Fsp3) is 0.0789. The monoisotopic (exact) mass is 1260 g/mol. The van der Waals surface area contributed by atoms with Crippen molar-refractivity contribution in [3.05, 3.63) is 271 Å². The first-order valence-electron chi connectivity index (χ1n) is 28.9. The molecular weight excluding hydrogens is 1220 g/mol. The molecule has 0 bridgehead atoms. The Morgan fingerprint density at radius 3 is 1.20 bits per heavy atom. The highest BCUT2D eigenvalue weighted by Gasteiger charge is 2.52. The van der Waals surface area contributed by atoms with Gasteiger partial charge in [0.2, 0.25) is 0 Å². The summed E-state index contributed by atoms with van der Waals surface area (Å²) in [5.74, 6) is 0. The van der Waals surface area contributed by atoms with Gasteiger partial charge in [0, 0.05) is 61.1 Å². The molecule has 0 N–H and O–H groups in total. The van der Waals surface area contributed by atoms with Gasteiger partial charge in [0.05, 0.1) is 34.3 Å². The minimum Gasteiger partial charge on any atom is -0.192 e. The molecule has 90 heavy (non-hydrogen) atoms. The van der Waals surface area contributed by atoms with E-state index in [4.69, 9.17) is 8.75 Å². The van der Waals surface area contributed by atoms with Crippen molar-refractivity contribution in [2.24, 2.45) is 0 Å². The van der Waals surface area contributed by atoms with E-state index in [0.717, 1.165) is 65.1 Å². The number of benzene rings is 8. The predicted molar refractivity (Wildman–Crippen MR) is 371 cm³/mol. The number of hydrogen-bond acceptors (Lipinski definition) is 14. The number of aryl methyl sites for hydroxylation is 4. The fourth-order valence-electron chi connectivity index (χ4n) is 13.6. The van der Waals surface area contributed by atoms with Gasteiger partial charge in [-0.25, -0.2) is 0 Å². The van der Waals surface area contributed by atoms with Crippen LogP contribution in [0, 0.1) is 73.0 Å². The molecule has 0 saturated carbocycles. The van der Waals surface area contributed by atoms with Crippen LogP contribution in [0.15, 0.2) is 193 Å². The number of thiophene rings is 4. The van der Waals surface area contributed by atoms with Crippen LogP contribution in [0.2, 0.25) is 0 Å². The lowest BCUT2D eigenvalue weighted by Gasteiger charge is -2.35. The molecule has 424 valence electrons. The van der Waals surface area contributed by atoms with Gasteiger partial charge in [0.15, 0.2) is 0 Å². The standard InChI is InChI=1S/C76H44N8S6/c1-41-5-15-50(16-6-41)75(51-17-7-42(2)8-18-51)59-34-58-60(33-57(59)56-31-49-32-68(87-67(49)35-61(56)75)65-27-25-63(85-65)54-23-13-47(29-45(37-77)38-78)70-72(54)83-89-81-70)76(52-19-9-43(3)10-20-52,53-21-11-44(4)12-22-53)62-36-69(88-74(58)62)66-28-26-64(86-66)55-24-14-48(30-46(39-79)40-80)71-73(55)84-90-82-71/h5-36H,1-4H3. The first kappa shape index (κ1) is 55.2. The Morgan fingerprint density at radius 1 is 0.344 bits per heavy atom. The summed E-state index contributed by atoms with van der Waals surface area (Å²) in [6.07, 6.45) is 3.17. The van der Waals surface area contributed by atoms with E-state index in [1.165, 1.54) is 108 Å². The van der Waals surface area contributed by atoms with Gasteiger partial charge in [-0.05, 0) is 167 Å². The summed E-state index contributed by atoms with van der Waals surface area (Å²) in [7, 11) is 0. The van der Waals surface area contributed by atoms with Gasteiger partial charge >= 0.3 is 0 Å². The maximum Gasteiger partial charge on any atom is 0.130 e. The summed E-state index contributed by atoms with van der Waals surface area (Å²) in [4.78, 5) is 8.02. The van der Waals surface area contributed by atoms with Crippen LogP contribution >= 0.6 is 68.8 Å². The van der Waals surface area contributed by atoms with Crippen LogP contribution in [-0.2, 0) is 10.8 Å². The van der Waals surface area contributed by atoms with Crippen molar-refractivity contribution in [1.29, 1.82) is 21.0 Å². The van der Waals surface area contributed by atoms with Crippen molar-refractivity contribution in [3.63, 3.8) is 0 Å². The second-order valence-electron chi connectivity index (χ2n) is 23.0. The molecule has 0 spiro atoms. The Labute approximate surface area is 543 Å². The lowest BCUT2D eigenvalue weighted by atomic mass is 9.65. The van der Waals surface area contributed by atoms with Crippen LogP contribution in [0.5, 0.6) is 0 Å². The van der Waals surface area contributed by atoms with E-state index in [9.17, 15) is 21.0 Å². The van der Waals surface area contributed by atoms with E-state index >= 15 is 0 Å². The minimum atomic E-state index is -0.709. The molecule has 0 fully saturated rings. The van der Waals surface area contributed by atoms with Crippen molar-refractivity contribution in [3.8, 4) is 86.2 Å². The molecule has 0 saturated heterocycles. The summed E-state index contributed by atoms with van der Waals surface area (Å²) in [6, 6.07) is 76.5. The highest BCUT2D eigenvalue weighted by Crippen LogP contribution is 2.65. The molecule has 0 atom stereocenters. The predicted octanol–water partition coefficient (Wildman–Crippen LogP) is 20.6. The zero-order valence-corrected chi connectivity index (χ0v) is 53.4. The smallest absolute Gasteiger partial charge is 0.130 e. The molecule has 6 heterocycles. The Kier molecular flexibility index (Phi) is 13.1. The molecule has 0 aliphatic heterocycles. The summed E-state index contributed by atoms with van der Waals surface area (Å²) in [5, 5.41) is 39.4. The van der Waals surface area contributed by atoms with Gasteiger partial charge in [-0.2, -0.15) is 38.5 Å². The lowest BCUT2D eigenvalue weighted by Crippen LogP contribution is -2.30. The molecule has 14 aromatic rings. The Morgan fingerprint density at radius 2 is 0.733 bits per heavy atom. The van der Waals surface area contributed by atoms with Crippen molar-refractivity contribution in [1.82, 2.24) is 17.5 Å². The number of nitriles is 4. The number of hydrogen-bond donors (Lipinski definition) is 0. The summed E-state index contributed by atoms with van der Waals surface area (Å²) in [5.41, 5.74) is 23.1. The normalized spacial score (nSPS) is 13.0. The fourth-order valence-corrected chi connectivity index (χ4v) is 19.3. The van der Waals surface area contributed by atoms with E-state index in [1.54, 1.807) is 34.8 Å². The third-order valence-electron chi connectivity index (χ3n) is 17.8. The quantitative estimate of drug-likeness (QED) is 0.123. The number of allylic oxidation sites excluding steroid dienone is 2. The van der Waals surface area contributed by atoms with Gasteiger partial charge in [-0.1, -0.05) is 144 Å². The number of nitrogens with zero attached hydrogens (tertiary/aromatic N) is 8. The number of rotatable bonds is 10. The van der Waals surface area contributed by atoms with Crippen LogP contribution in [0.1, 0.15) is 77.9 Å². The molecule has 0 amide bonds. The SMILES string of the molecule is Cc1ccc(C2(c3ccc(C)cc3)c3cc4c(cc3-c3cc5cc(-c6ccc(-c7ccc(C=C(C#N)C#N)c8nsnc78)s6)sc5cc32)C(c2ccc(C)cc2)(c2ccc(C)cc2)c2cc(-c3ccc(-c5ccc(C=C(C#N)C#N)c6nsnc56)s3)sc2-4)cc1. The van der Waals surface area contributed by atoms with Crippen LogP contribution in [-0.4, -0.2) is 17.5 Å². The van der Waals surface area contributed by atoms with Crippen LogP contribution in [0.25, 0.3) is 106 Å². The molecule has 8 aromatic carbocycles. The van der Waals surface area contributed by atoms with Crippen molar-refractivity contribution in [2.75, 3.05) is 0 Å². The molecule has 2 aliphatic carbocycles. The molecule has 8 nitrogen and oxygen atoms in total. The minimum absolute atomic E-state index is 0.0168. The van der Waals surface area contributed by atoms with Crippen LogP contribution < -0.4 is 0 Å². The van der Waals surface area contributed by atoms with Gasteiger partial charge < -0.3 is 0 Å². The highest BCUT2D eigenvalue weighted by atomic mass is 32.1. The second-order valence-corrected chi connectivity index (χ2v) is 28.4. The van der Waals surface area contributed by atoms with E-state index in [0.29, 0.717) is 22.2 Å². The molecule has 6 aromatic heterocycles. The average molecular weight is 1260 g/mol. The van der Waals surface area contributed by atoms with Crippen molar-refractivity contribution in [2.45, 2.75) is 38.5 Å². The maximum absolute atomic E-state index is 9.59. The summed E-state index contributed by atoms with van der Waals surface area (Å²) in [6.45, 7) is 8.66. The zero-order valence-electron chi connectivity index (χ0n) is 48.5. The van der Waals surface area contributed by atoms with Crippen molar-refractivity contribution >= 4 is 113 Å². The Hall–Kier alpha value is -10.1. The van der Waals surface area contributed by atoms with Crippen molar-refractivity contribution < 1.29 is 0 Å². The third kappa shape index (κ3) is 8.42. The van der Waals surface area contributed by atoms with E-state index < -0.39 is 10.8 Å². The summed E-state index contributed by atoms with van der Waals surface area (Å²) >= 11 is 9.42. The Balaban J connectivity index is 0.911. The van der Waals surface area contributed by atoms with Gasteiger partial charge in [-0.3, -0.25) is 0 Å². The maximum atomic E-state index is 9.59. The second kappa shape index (κ2) is 21.3. The zero-order chi connectivity index (χ0) is 61.2. The Bertz CT molecular complexity index is 5460. The van der Waals surface area contributed by atoms with Crippen LogP contribution in [0.4, 0.5) is 0 Å². The molecule has 14 heteroatoms. The van der Waals surface area contributed by atoms with E-state index in [1.807, 2.05) is 71.2 Å². The third-order valence-corrected chi connectivity index (χ3v) is 23.8. The van der Waals surface area contributed by atoms with Gasteiger partial charge in [0.1, 0.15) is 57.5 Å². The first-order valence-corrected chi connectivity index (χ1v) is 33.7. The molecular formula is C76H44N8S6. The molecule has 16 rings (SSSR count). The van der Waals surface area contributed by atoms with E-state index in [-0.39, 0.29) is 11.1 Å². The van der Waals surface area contributed by atoms with E-state index in [2.05, 4.69) is 194 Å². The molecule has 0 unspecified atom stereocenters. The number of fused-ring (bicyclic) bond motifs is 9. The van der Waals surface area contributed by atoms with Gasteiger partial charge in [0.25, 0.3) is 0 Å². The lowest BCUT2D eigenvalue weighted by molar-refractivity contribution is 0.759. The first-order chi connectivity index (χ1) is 44.0. The average Bonchev–Trinajstić information content (AvgIpc) is 1.50. The topological polar surface area (TPSA) is 147 Å². The van der Waals surface area contributed by atoms with Crippen LogP contribution in [0.3, 0.4) is 0 Å².